The summed E-state index contributed by atoms with van der Waals surface area (Å²) in [6.45, 7) is 5.66. The van der Waals surface area contributed by atoms with Crippen LogP contribution >= 0.6 is 23.2 Å². The second-order valence-corrected chi connectivity index (χ2v) is 13.0. The van der Waals surface area contributed by atoms with Gasteiger partial charge in [0.1, 0.15) is 11.6 Å². The zero-order valence-electron chi connectivity index (χ0n) is 24.7. The van der Waals surface area contributed by atoms with Crippen LogP contribution in [-0.2, 0) is 11.3 Å². The molecule has 7 rings (SSSR count). The smallest absolute Gasteiger partial charge is 0.337 e. The lowest BCUT2D eigenvalue weighted by atomic mass is 9.96. The zero-order valence-corrected chi connectivity index (χ0v) is 26.2. The molecule has 12 heteroatoms. The molecule has 2 bridgehead atoms. The largest absolute Gasteiger partial charge is 0.478 e. The number of nitrogens with one attached hydrogen (secondary N) is 1. The maximum atomic E-state index is 15.7. The highest BCUT2D eigenvalue weighted by atomic mass is 35.5. The van der Waals surface area contributed by atoms with Crippen LogP contribution in [-0.4, -0.2) is 79.6 Å². The third-order valence-corrected chi connectivity index (χ3v) is 9.81. The number of para-hydroxylation sites is 1. The molecule has 2 N–H and O–H groups in total. The fourth-order valence-corrected chi connectivity index (χ4v) is 7.70. The van der Waals surface area contributed by atoms with Crippen LogP contribution in [0.5, 0.6) is 5.75 Å². The van der Waals surface area contributed by atoms with E-state index in [0.29, 0.717) is 41.8 Å². The van der Waals surface area contributed by atoms with Gasteiger partial charge in [0.25, 0.3) is 5.91 Å². The summed E-state index contributed by atoms with van der Waals surface area (Å²) in [5.74, 6) is -1.78. The van der Waals surface area contributed by atoms with E-state index in [1.807, 2.05) is 6.07 Å². The Labute approximate surface area is 270 Å². The summed E-state index contributed by atoms with van der Waals surface area (Å²) in [6.07, 6.45) is 1.77. The predicted octanol–water partition coefficient (Wildman–Crippen LogP) is 5.66. The minimum atomic E-state index is -1.19. The minimum Gasteiger partial charge on any atom is -0.478 e. The van der Waals surface area contributed by atoms with Crippen LogP contribution in [0.1, 0.15) is 46.0 Å². The highest BCUT2D eigenvalue weighted by Gasteiger charge is 2.40. The fraction of sp³-hybridized carbons (Fsp3) is 0.394. The van der Waals surface area contributed by atoms with Gasteiger partial charge in [0.2, 0.25) is 0 Å². The molecule has 9 nitrogen and oxygen atoms in total. The van der Waals surface area contributed by atoms with E-state index >= 15 is 4.39 Å². The number of halogens is 3. The highest BCUT2D eigenvalue weighted by molar-refractivity contribution is 6.40. The van der Waals surface area contributed by atoms with Crippen LogP contribution in [0.3, 0.4) is 0 Å². The molecule has 3 fully saturated rings. The summed E-state index contributed by atoms with van der Waals surface area (Å²) in [5, 5.41) is 13.9. The molecule has 4 aliphatic heterocycles. The first-order valence-electron chi connectivity index (χ1n) is 15.1. The number of morpholine rings is 1. The number of carbonyl (C=O) groups excluding carboxylic acids is 1. The number of fused-ring (bicyclic) bond motifs is 3. The van der Waals surface area contributed by atoms with Crippen molar-refractivity contribution in [1.29, 1.82) is 0 Å². The van der Waals surface area contributed by atoms with E-state index in [1.165, 1.54) is 4.90 Å². The molecule has 3 aromatic rings. The number of nitrogens with zero attached hydrogens (tertiary/aromatic N) is 3. The summed E-state index contributed by atoms with van der Waals surface area (Å²) >= 11 is 13.3. The number of hydrogen-bond acceptors (Lipinski definition) is 7. The van der Waals surface area contributed by atoms with E-state index in [2.05, 4.69) is 22.0 Å². The monoisotopic (exact) mass is 654 g/mol. The van der Waals surface area contributed by atoms with E-state index in [0.717, 1.165) is 44.2 Å². The van der Waals surface area contributed by atoms with Gasteiger partial charge in [-0.1, -0.05) is 41.4 Å². The van der Waals surface area contributed by atoms with Crippen molar-refractivity contribution in [3.8, 4) is 16.9 Å². The zero-order chi connectivity index (χ0) is 31.4. The maximum Gasteiger partial charge on any atom is 0.337 e. The molecule has 1 amide bonds. The van der Waals surface area contributed by atoms with E-state index in [1.54, 1.807) is 30.3 Å². The van der Waals surface area contributed by atoms with Gasteiger partial charge >= 0.3 is 5.97 Å². The standard InChI is InChI=1S/C33H33Cl2FN4O5/c1-18-13-38(8-7-37-18)22-9-26(34)30(27(35)10-22)32(41)39-14-19-3-2-4-23(31(19)45-17-39)24-12-29(25(33(42)43)11-28(24)36)40-20-5-6-21(40)16-44-15-20/h2-4,9-12,18,20-21,37H,5-8,13-17H2,1H3,(H,42,43)/t18-,20?,21?/m0/s1. The molecule has 3 saturated heterocycles. The van der Waals surface area contributed by atoms with Gasteiger partial charge in [0.15, 0.2) is 6.73 Å². The Balaban J connectivity index is 1.18. The average Bonchev–Trinajstić information content (AvgIpc) is 3.26. The molecule has 0 aliphatic carbocycles. The van der Waals surface area contributed by atoms with Gasteiger partial charge < -0.3 is 34.6 Å². The van der Waals surface area contributed by atoms with Gasteiger partial charge in [-0.25, -0.2) is 9.18 Å². The lowest BCUT2D eigenvalue weighted by Gasteiger charge is -2.37. The maximum absolute atomic E-state index is 15.7. The van der Waals surface area contributed by atoms with Crippen molar-refractivity contribution in [3.63, 3.8) is 0 Å². The normalized spacial score (nSPS) is 22.7. The number of carboxylic acid groups (broad SMARTS) is 1. The fourth-order valence-electron chi connectivity index (χ4n) is 7.06. The van der Waals surface area contributed by atoms with Crippen molar-refractivity contribution in [2.75, 3.05) is 49.4 Å². The molecule has 236 valence electrons. The number of ether oxygens (including phenoxy) is 2. The Morgan fingerprint density at radius 2 is 1.78 bits per heavy atom. The molecule has 3 aromatic carbocycles. The summed E-state index contributed by atoms with van der Waals surface area (Å²) < 4.78 is 27.5. The van der Waals surface area contributed by atoms with E-state index in [-0.39, 0.29) is 58.0 Å². The molecular formula is C33H33Cl2FN4O5. The lowest BCUT2D eigenvalue weighted by molar-refractivity contribution is 0.0516. The first-order chi connectivity index (χ1) is 21.7. The molecule has 4 heterocycles. The van der Waals surface area contributed by atoms with E-state index < -0.39 is 11.8 Å². The predicted molar refractivity (Wildman–Crippen MR) is 170 cm³/mol. The Bertz CT molecular complexity index is 1650. The second-order valence-electron chi connectivity index (χ2n) is 12.1. The highest BCUT2D eigenvalue weighted by Crippen LogP contribution is 2.43. The number of carboxylic acids is 1. The molecule has 4 aliphatic rings. The molecule has 0 spiro atoms. The van der Waals surface area contributed by atoms with E-state index in [9.17, 15) is 14.7 Å². The van der Waals surface area contributed by atoms with Crippen LogP contribution in [0, 0.1) is 5.82 Å². The quantitative estimate of drug-likeness (QED) is 0.364. The average molecular weight is 656 g/mol. The van der Waals surface area contributed by atoms with Gasteiger partial charge in [-0.05, 0) is 44.0 Å². The Kier molecular flexibility index (Phi) is 8.02. The molecule has 2 unspecified atom stereocenters. The van der Waals surface area contributed by atoms with Gasteiger partial charge in [0, 0.05) is 48.1 Å². The molecular weight excluding hydrogens is 622 g/mol. The minimum absolute atomic E-state index is 0.0359. The second kappa shape index (κ2) is 12.0. The number of hydrogen-bond donors (Lipinski definition) is 2. The van der Waals surface area contributed by atoms with Crippen LogP contribution < -0.4 is 19.9 Å². The van der Waals surface area contributed by atoms with Crippen molar-refractivity contribution in [2.24, 2.45) is 0 Å². The number of benzene rings is 3. The van der Waals surface area contributed by atoms with Crippen LogP contribution in [0.25, 0.3) is 11.1 Å². The number of carbonyl (C=O) groups is 2. The Morgan fingerprint density at radius 1 is 1.04 bits per heavy atom. The lowest BCUT2D eigenvalue weighted by Crippen LogP contribution is -2.49. The Morgan fingerprint density at radius 3 is 2.47 bits per heavy atom. The van der Waals surface area contributed by atoms with Crippen molar-refractivity contribution in [3.05, 3.63) is 75.0 Å². The van der Waals surface area contributed by atoms with Gasteiger partial charge in [-0.15, -0.1) is 0 Å². The first-order valence-corrected chi connectivity index (χ1v) is 15.9. The van der Waals surface area contributed by atoms with Gasteiger partial charge in [-0.2, -0.15) is 0 Å². The number of anilines is 2. The summed E-state index contributed by atoms with van der Waals surface area (Å²) in [5.41, 5.74) is 2.86. The number of amides is 1. The summed E-state index contributed by atoms with van der Waals surface area (Å²) in [6, 6.07) is 12.0. The van der Waals surface area contributed by atoms with Crippen molar-refractivity contribution in [1.82, 2.24) is 10.2 Å². The molecule has 0 radical (unpaired) electrons. The third kappa shape index (κ3) is 5.48. The topological polar surface area (TPSA) is 94.6 Å². The first kappa shape index (κ1) is 30.1. The SMILES string of the molecule is C[C@H]1CN(c2cc(Cl)c(C(=O)N3COc4c(cccc4-c4cc(N5C6CCC5COC6)c(C(=O)O)cc4F)C3)c(Cl)c2)CCN1. The summed E-state index contributed by atoms with van der Waals surface area (Å²) in [7, 11) is 0. The molecule has 0 aromatic heterocycles. The third-order valence-electron chi connectivity index (χ3n) is 9.21. The molecule has 3 atom stereocenters. The van der Waals surface area contributed by atoms with Crippen molar-refractivity contribution >= 4 is 46.5 Å². The number of aromatic carboxylic acids is 1. The Hall–Kier alpha value is -3.57. The van der Waals surface area contributed by atoms with E-state index in [4.69, 9.17) is 32.7 Å². The number of piperazine rings is 1. The van der Waals surface area contributed by atoms with Crippen LogP contribution in [0.4, 0.5) is 15.8 Å². The van der Waals surface area contributed by atoms with Crippen molar-refractivity contribution in [2.45, 2.75) is 44.4 Å². The summed E-state index contributed by atoms with van der Waals surface area (Å²) in [4.78, 5) is 31.7. The number of rotatable bonds is 5. The van der Waals surface area contributed by atoms with Crippen LogP contribution in [0.15, 0.2) is 42.5 Å². The van der Waals surface area contributed by atoms with Gasteiger partial charge in [0.05, 0.1) is 58.7 Å². The van der Waals surface area contributed by atoms with Crippen molar-refractivity contribution < 1.29 is 28.6 Å². The molecule has 0 saturated carbocycles. The van der Waals surface area contributed by atoms with Gasteiger partial charge in [-0.3, -0.25) is 4.79 Å². The molecule has 45 heavy (non-hydrogen) atoms. The van der Waals surface area contributed by atoms with Crippen LogP contribution in [0.2, 0.25) is 10.0 Å².